The van der Waals surface area contributed by atoms with Crippen LogP contribution >= 0.6 is 0 Å². The summed E-state index contributed by atoms with van der Waals surface area (Å²) in [6, 6.07) is 17.6. The number of hydrogen-bond donors (Lipinski definition) is 3. The van der Waals surface area contributed by atoms with Gasteiger partial charge in [-0.1, -0.05) is 69.7 Å². The average molecular weight is 398 g/mol. The molecule has 6 nitrogen and oxygen atoms in total. The van der Waals surface area contributed by atoms with Gasteiger partial charge in [0.2, 0.25) is 0 Å². The monoisotopic (exact) mass is 397 g/mol. The summed E-state index contributed by atoms with van der Waals surface area (Å²) in [6.45, 7) is 8.58. The Bertz CT molecular complexity index is 789. The summed E-state index contributed by atoms with van der Waals surface area (Å²) < 4.78 is 5.70. The standard InChI is InChI=1S/C23H31N3O3/c1-5-6-16-24-22(28)26-25-21(27)17(2)29-20-14-12-19(13-15-20)23(3,4)18-10-8-7-9-11-18/h7-15,17H,5-6,16H2,1-4H3,(H,25,27)(H2,24,26,28)/t17-/m0/s1. The van der Waals surface area contributed by atoms with Crippen molar-refractivity contribution in [3.63, 3.8) is 0 Å². The first-order chi connectivity index (χ1) is 13.8. The maximum absolute atomic E-state index is 12.1. The second-order valence-corrected chi connectivity index (χ2v) is 7.50. The number of ether oxygens (including phenoxy) is 1. The van der Waals surface area contributed by atoms with Gasteiger partial charge in [-0.3, -0.25) is 10.2 Å². The Hall–Kier alpha value is -3.02. The lowest BCUT2D eigenvalue weighted by molar-refractivity contribution is -0.128. The Kier molecular flexibility index (Phi) is 8.07. The molecule has 2 aromatic rings. The molecule has 0 fully saturated rings. The Morgan fingerprint density at radius 3 is 2.21 bits per heavy atom. The first-order valence-electron chi connectivity index (χ1n) is 10.0. The molecule has 156 valence electrons. The van der Waals surface area contributed by atoms with Crippen molar-refractivity contribution in [3.8, 4) is 5.75 Å². The Balaban J connectivity index is 1.88. The lowest BCUT2D eigenvalue weighted by Gasteiger charge is -2.26. The van der Waals surface area contributed by atoms with E-state index in [1.807, 2.05) is 49.4 Å². The number of unbranched alkanes of at least 4 members (excludes halogenated alkanes) is 1. The largest absolute Gasteiger partial charge is 0.481 e. The van der Waals surface area contributed by atoms with E-state index < -0.39 is 18.0 Å². The molecular formula is C23H31N3O3. The van der Waals surface area contributed by atoms with Gasteiger partial charge in [-0.25, -0.2) is 10.2 Å². The number of hydrazine groups is 1. The van der Waals surface area contributed by atoms with Crippen LogP contribution in [-0.2, 0) is 10.2 Å². The van der Waals surface area contributed by atoms with Crippen LogP contribution in [0.1, 0.15) is 51.7 Å². The van der Waals surface area contributed by atoms with Crippen LogP contribution in [0, 0.1) is 0 Å². The zero-order valence-corrected chi connectivity index (χ0v) is 17.6. The average Bonchev–Trinajstić information content (AvgIpc) is 2.73. The molecule has 0 heterocycles. The minimum absolute atomic E-state index is 0.141. The maximum atomic E-state index is 12.1. The van der Waals surface area contributed by atoms with Crippen molar-refractivity contribution in [2.75, 3.05) is 6.54 Å². The first kappa shape index (κ1) is 22.3. The molecule has 0 aliphatic carbocycles. The number of nitrogens with one attached hydrogen (secondary N) is 3. The number of rotatable bonds is 8. The Morgan fingerprint density at radius 1 is 0.966 bits per heavy atom. The van der Waals surface area contributed by atoms with Gasteiger partial charge in [-0.15, -0.1) is 0 Å². The van der Waals surface area contributed by atoms with Gasteiger partial charge in [-0.2, -0.15) is 0 Å². The minimum Gasteiger partial charge on any atom is -0.481 e. The smallest absolute Gasteiger partial charge is 0.333 e. The van der Waals surface area contributed by atoms with Crippen LogP contribution in [0.2, 0.25) is 0 Å². The third kappa shape index (κ3) is 6.52. The van der Waals surface area contributed by atoms with Crippen LogP contribution in [0.4, 0.5) is 4.79 Å². The van der Waals surface area contributed by atoms with Gasteiger partial charge >= 0.3 is 6.03 Å². The summed E-state index contributed by atoms with van der Waals surface area (Å²) in [5.74, 6) is 0.164. The molecule has 2 rings (SSSR count). The quantitative estimate of drug-likeness (QED) is 0.467. The zero-order chi connectivity index (χ0) is 21.3. The second-order valence-electron chi connectivity index (χ2n) is 7.50. The molecule has 0 aromatic heterocycles. The van der Waals surface area contributed by atoms with Gasteiger partial charge in [0.1, 0.15) is 5.75 Å². The van der Waals surface area contributed by atoms with Gasteiger partial charge in [0.15, 0.2) is 6.10 Å². The van der Waals surface area contributed by atoms with Gasteiger partial charge in [-0.05, 0) is 36.6 Å². The molecule has 0 aliphatic heterocycles. The highest BCUT2D eigenvalue weighted by atomic mass is 16.5. The molecule has 29 heavy (non-hydrogen) atoms. The number of carbonyl (C=O) groups is 2. The topological polar surface area (TPSA) is 79.5 Å². The summed E-state index contributed by atoms with van der Waals surface area (Å²) in [5.41, 5.74) is 6.92. The van der Waals surface area contributed by atoms with Crippen LogP contribution in [0.15, 0.2) is 54.6 Å². The number of urea groups is 1. The predicted molar refractivity (Wildman–Crippen MR) is 115 cm³/mol. The summed E-state index contributed by atoms with van der Waals surface area (Å²) in [7, 11) is 0. The van der Waals surface area contributed by atoms with Crippen molar-refractivity contribution >= 4 is 11.9 Å². The van der Waals surface area contributed by atoms with Crippen molar-refractivity contribution < 1.29 is 14.3 Å². The molecule has 2 aromatic carbocycles. The van der Waals surface area contributed by atoms with Gasteiger partial charge < -0.3 is 10.1 Å². The van der Waals surface area contributed by atoms with Crippen molar-refractivity contribution in [2.45, 2.75) is 52.1 Å². The third-order valence-corrected chi connectivity index (χ3v) is 4.87. The van der Waals surface area contributed by atoms with Gasteiger partial charge in [0.05, 0.1) is 0 Å². The van der Waals surface area contributed by atoms with Crippen LogP contribution in [0.3, 0.4) is 0 Å². The predicted octanol–water partition coefficient (Wildman–Crippen LogP) is 3.91. The molecule has 3 amide bonds. The van der Waals surface area contributed by atoms with E-state index in [1.54, 1.807) is 6.92 Å². The zero-order valence-electron chi connectivity index (χ0n) is 17.6. The molecule has 0 radical (unpaired) electrons. The third-order valence-electron chi connectivity index (χ3n) is 4.87. The number of amides is 3. The lowest BCUT2D eigenvalue weighted by Crippen LogP contribution is -2.50. The molecule has 0 aliphatic rings. The van der Waals surface area contributed by atoms with Crippen LogP contribution in [-0.4, -0.2) is 24.6 Å². The summed E-state index contributed by atoms with van der Waals surface area (Å²) in [6.07, 6.45) is 1.12. The summed E-state index contributed by atoms with van der Waals surface area (Å²) >= 11 is 0. The number of hydrogen-bond acceptors (Lipinski definition) is 3. The molecule has 6 heteroatoms. The second kappa shape index (κ2) is 10.5. The van der Waals surface area contributed by atoms with E-state index in [2.05, 4.69) is 42.1 Å². The van der Waals surface area contributed by atoms with E-state index in [4.69, 9.17) is 4.74 Å². The van der Waals surface area contributed by atoms with Crippen molar-refractivity contribution in [1.82, 2.24) is 16.2 Å². The minimum atomic E-state index is -0.751. The van der Waals surface area contributed by atoms with E-state index in [-0.39, 0.29) is 5.41 Å². The first-order valence-corrected chi connectivity index (χ1v) is 10.0. The highest BCUT2D eigenvalue weighted by Crippen LogP contribution is 2.32. The normalized spacial score (nSPS) is 12.0. The Labute approximate surface area is 173 Å². The fourth-order valence-corrected chi connectivity index (χ4v) is 2.87. The SMILES string of the molecule is CCCCNC(=O)NNC(=O)[C@H](C)Oc1ccc(C(C)(C)c2ccccc2)cc1. The molecule has 1 atom stereocenters. The van der Waals surface area contributed by atoms with Gasteiger partial charge in [0, 0.05) is 12.0 Å². The summed E-state index contributed by atoms with van der Waals surface area (Å²) in [4.78, 5) is 23.7. The fraction of sp³-hybridized carbons (Fsp3) is 0.391. The van der Waals surface area contributed by atoms with E-state index >= 15 is 0 Å². The van der Waals surface area contributed by atoms with E-state index in [0.29, 0.717) is 12.3 Å². The van der Waals surface area contributed by atoms with Gasteiger partial charge in [0.25, 0.3) is 5.91 Å². The van der Waals surface area contributed by atoms with E-state index in [1.165, 1.54) is 5.56 Å². The van der Waals surface area contributed by atoms with Crippen LogP contribution in [0.5, 0.6) is 5.75 Å². The van der Waals surface area contributed by atoms with Crippen LogP contribution < -0.4 is 20.9 Å². The summed E-state index contributed by atoms with van der Waals surface area (Å²) in [5, 5.41) is 2.66. The fourth-order valence-electron chi connectivity index (χ4n) is 2.87. The lowest BCUT2D eigenvalue weighted by atomic mass is 9.78. The van der Waals surface area contributed by atoms with Crippen LogP contribution in [0.25, 0.3) is 0 Å². The molecule has 0 bridgehead atoms. The number of benzene rings is 2. The van der Waals surface area contributed by atoms with E-state index in [0.717, 1.165) is 18.4 Å². The Morgan fingerprint density at radius 2 is 1.59 bits per heavy atom. The molecule has 0 saturated carbocycles. The van der Waals surface area contributed by atoms with Crippen molar-refractivity contribution in [3.05, 3.63) is 65.7 Å². The van der Waals surface area contributed by atoms with Crippen molar-refractivity contribution in [1.29, 1.82) is 0 Å². The molecule has 0 unspecified atom stereocenters. The molecular weight excluding hydrogens is 366 g/mol. The molecule has 3 N–H and O–H groups in total. The maximum Gasteiger partial charge on any atom is 0.333 e. The van der Waals surface area contributed by atoms with Crippen molar-refractivity contribution in [2.24, 2.45) is 0 Å². The molecule has 0 spiro atoms. The highest BCUT2D eigenvalue weighted by Gasteiger charge is 2.23. The highest BCUT2D eigenvalue weighted by molar-refractivity contribution is 5.84. The van der Waals surface area contributed by atoms with E-state index in [9.17, 15) is 9.59 Å². The number of carbonyl (C=O) groups excluding carboxylic acids is 2. The molecule has 0 saturated heterocycles.